The standard InChI is InChI=1S/C16H18N2O2/c1-7-9(3)16(18)10(4)8(2)14(7)15-12-5-11(17)6-13(15)20-19-12/h5-6H,17-18H2,1-4H3. The third kappa shape index (κ3) is 1.54. The monoisotopic (exact) mass is 270 g/mol. The van der Waals surface area contributed by atoms with Crippen molar-refractivity contribution in [2.75, 3.05) is 11.5 Å². The van der Waals surface area contributed by atoms with Gasteiger partial charge in [-0.1, -0.05) is 0 Å². The van der Waals surface area contributed by atoms with Gasteiger partial charge in [-0.15, -0.1) is 0 Å². The topological polar surface area (TPSA) is 70.5 Å². The van der Waals surface area contributed by atoms with Crippen LogP contribution in [-0.4, -0.2) is 0 Å². The van der Waals surface area contributed by atoms with E-state index in [0.717, 1.165) is 39.1 Å². The molecule has 20 heavy (non-hydrogen) atoms. The Bertz CT molecular complexity index is 682. The maximum absolute atomic E-state index is 6.16. The zero-order valence-electron chi connectivity index (χ0n) is 12.1. The summed E-state index contributed by atoms with van der Waals surface area (Å²) >= 11 is 0. The van der Waals surface area contributed by atoms with Crippen LogP contribution in [0.25, 0.3) is 11.1 Å². The van der Waals surface area contributed by atoms with Gasteiger partial charge in [0.25, 0.3) is 0 Å². The molecule has 0 aromatic heterocycles. The molecular formula is C16H18N2O2. The molecule has 0 aliphatic carbocycles. The van der Waals surface area contributed by atoms with E-state index in [9.17, 15) is 0 Å². The normalized spacial score (nSPS) is 12.2. The number of rotatable bonds is 1. The number of hydrogen-bond acceptors (Lipinski definition) is 4. The highest BCUT2D eigenvalue weighted by atomic mass is 17.2. The fraction of sp³-hybridized carbons (Fsp3) is 0.250. The molecule has 0 fully saturated rings. The Kier molecular flexibility index (Phi) is 2.57. The molecule has 2 aromatic carbocycles. The highest BCUT2D eigenvalue weighted by molar-refractivity contribution is 5.87. The minimum absolute atomic E-state index is 0.635. The molecule has 0 unspecified atom stereocenters. The summed E-state index contributed by atoms with van der Waals surface area (Å²) < 4.78 is 0. The number of fused-ring (bicyclic) bond motifs is 2. The summed E-state index contributed by atoms with van der Waals surface area (Å²) in [6, 6.07) is 3.57. The zero-order valence-corrected chi connectivity index (χ0v) is 12.1. The number of anilines is 2. The molecule has 4 N–H and O–H groups in total. The Balaban J connectivity index is 2.38. The summed E-state index contributed by atoms with van der Waals surface area (Å²) in [7, 11) is 0. The Morgan fingerprint density at radius 1 is 0.700 bits per heavy atom. The second kappa shape index (κ2) is 4.07. The molecule has 0 atom stereocenters. The molecular weight excluding hydrogens is 252 g/mol. The van der Waals surface area contributed by atoms with Gasteiger partial charge < -0.3 is 11.5 Å². The molecule has 0 radical (unpaired) electrons. The van der Waals surface area contributed by atoms with Crippen molar-refractivity contribution in [3.63, 3.8) is 0 Å². The van der Waals surface area contributed by atoms with E-state index in [-0.39, 0.29) is 0 Å². The summed E-state index contributed by atoms with van der Waals surface area (Å²) in [6.45, 7) is 8.22. The van der Waals surface area contributed by atoms with Crippen molar-refractivity contribution in [3.8, 4) is 22.6 Å². The third-order valence-corrected chi connectivity index (χ3v) is 4.24. The first kappa shape index (κ1) is 12.7. The third-order valence-electron chi connectivity index (χ3n) is 4.24. The maximum Gasteiger partial charge on any atom is 0.192 e. The Morgan fingerprint density at radius 3 is 1.60 bits per heavy atom. The highest BCUT2D eigenvalue weighted by Crippen LogP contribution is 2.49. The summed E-state index contributed by atoms with van der Waals surface area (Å²) in [4.78, 5) is 10.5. The van der Waals surface area contributed by atoms with Gasteiger partial charge in [0.15, 0.2) is 11.5 Å². The van der Waals surface area contributed by atoms with Gasteiger partial charge in [0.05, 0.1) is 5.56 Å². The minimum Gasteiger partial charge on any atom is -0.399 e. The SMILES string of the molecule is Cc1c(C)c(-c2c3cc(N)cc2OO3)c(C)c(C)c1N. The molecule has 0 spiro atoms. The van der Waals surface area contributed by atoms with E-state index < -0.39 is 0 Å². The second-order valence-electron chi connectivity index (χ2n) is 5.35. The van der Waals surface area contributed by atoms with Gasteiger partial charge in [-0.3, -0.25) is 9.78 Å². The van der Waals surface area contributed by atoms with Crippen molar-refractivity contribution in [1.29, 1.82) is 0 Å². The quantitative estimate of drug-likeness (QED) is 0.615. The van der Waals surface area contributed by atoms with E-state index in [2.05, 4.69) is 13.8 Å². The fourth-order valence-electron chi connectivity index (χ4n) is 2.79. The van der Waals surface area contributed by atoms with Crippen LogP contribution < -0.4 is 21.2 Å². The van der Waals surface area contributed by atoms with Gasteiger partial charge in [-0.05, 0) is 55.5 Å². The molecule has 1 aliphatic rings. The Hall–Kier alpha value is -2.36. The first-order valence-electron chi connectivity index (χ1n) is 6.56. The molecule has 3 rings (SSSR count). The van der Waals surface area contributed by atoms with Gasteiger partial charge in [0.1, 0.15) is 0 Å². The largest absolute Gasteiger partial charge is 0.399 e. The van der Waals surface area contributed by atoms with E-state index in [1.54, 1.807) is 12.1 Å². The summed E-state index contributed by atoms with van der Waals surface area (Å²) in [6.07, 6.45) is 0. The van der Waals surface area contributed by atoms with Crippen LogP contribution in [0.2, 0.25) is 0 Å². The van der Waals surface area contributed by atoms with Gasteiger partial charge in [0.2, 0.25) is 0 Å². The van der Waals surface area contributed by atoms with Crippen molar-refractivity contribution in [2.45, 2.75) is 27.7 Å². The predicted molar refractivity (Wildman–Crippen MR) is 80.9 cm³/mol. The zero-order chi connectivity index (χ0) is 14.6. The average Bonchev–Trinajstić information content (AvgIpc) is 2.67. The predicted octanol–water partition coefficient (Wildman–Crippen LogP) is 3.44. The van der Waals surface area contributed by atoms with E-state index in [1.165, 1.54) is 0 Å². The first-order valence-corrected chi connectivity index (χ1v) is 6.56. The van der Waals surface area contributed by atoms with Crippen LogP contribution in [-0.2, 0) is 0 Å². The molecule has 4 heteroatoms. The lowest BCUT2D eigenvalue weighted by molar-refractivity contribution is -0.0846. The summed E-state index contributed by atoms with van der Waals surface area (Å²) in [5.41, 5.74) is 20.0. The maximum atomic E-state index is 6.16. The van der Waals surface area contributed by atoms with Crippen LogP contribution in [0.1, 0.15) is 22.3 Å². The van der Waals surface area contributed by atoms with Crippen LogP contribution in [0.15, 0.2) is 12.1 Å². The molecule has 0 amide bonds. The molecule has 1 heterocycles. The summed E-state index contributed by atoms with van der Waals surface area (Å²) in [5.74, 6) is 1.32. The van der Waals surface area contributed by atoms with E-state index in [0.29, 0.717) is 17.2 Å². The van der Waals surface area contributed by atoms with Crippen LogP contribution >= 0.6 is 0 Å². The number of nitrogen functional groups attached to an aromatic ring is 2. The van der Waals surface area contributed by atoms with Crippen molar-refractivity contribution < 1.29 is 9.78 Å². The average molecular weight is 270 g/mol. The number of hydrogen-bond donors (Lipinski definition) is 2. The van der Waals surface area contributed by atoms with E-state index >= 15 is 0 Å². The molecule has 0 saturated carbocycles. The Labute approximate surface area is 118 Å². The minimum atomic E-state index is 0.635. The molecule has 0 saturated heterocycles. The lowest BCUT2D eigenvalue weighted by atomic mass is 9.87. The lowest BCUT2D eigenvalue weighted by Gasteiger charge is -2.18. The van der Waals surface area contributed by atoms with Crippen LogP contribution in [0.5, 0.6) is 11.5 Å². The lowest BCUT2D eigenvalue weighted by Crippen LogP contribution is -2.02. The summed E-state index contributed by atoms with van der Waals surface area (Å²) in [5, 5.41) is 0. The van der Waals surface area contributed by atoms with Gasteiger partial charge in [-0.25, -0.2) is 0 Å². The van der Waals surface area contributed by atoms with Crippen molar-refractivity contribution in [2.24, 2.45) is 0 Å². The van der Waals surface area contributed by atoms with Crippen molar-refractivity contribution in [1.82, 2.24) is 0 Å². The number of benzene rings is 2. The van der Waals surface area contributed by atoms with E-state index in [4.69, 9.17) is 21.2 Å². The second-order valence-corrected chi connectivity index (χ2v) is 5.35. The number of nitrogens with two attached hydrogens (primary N) is 2. The van der Waals surface area contributed by atoms with Gasteiger partial charge >= 0.3 is 0 Å². The van der Waals surface area contributed by atoms with Crippen LogP contribution in [0.4, 0.5) is 11.4 Å². The highest BCUT2D eigenvalue weighted by Gasteiger charge is 2.27. The van der Waals surface area contributed by atoms with Crippen molar-refractivity contribution >= 4 is 11.4 Å². The molecule has 1 aliphatic heterocycles. The van der Waals surface area contributed by atoms with Crippen LogP contribution in [0.3, 0.4) is 0 Å². The van der Waals surface area contributed by atoms with Gasteiger partial charge in [-0.2, -0.15) is 0 Å². The molecule has 104 valence electrons. The molecule has 2 aromatic rings. The molecule has 2 bridgehead atoms. The van der Waals surface area contributed by atoms with E-state index in [1.807, 2.05) is 13.8 Å². The fourth-order valence-corrected chi connectivity index (χ4v) is 2.79. The smallest absolute Gasteiger partial charge is 0.192 e. The van der Waals surface area contributed by atoms with Gasteiger partial charge in [0, 0.05) is 23.5 Å². The van der Waals surface area contributed by atoms with Crippen LogP contribution in [0, 0.1) is 27.7 Å². The molecule has 4 nitrogen and oxygen atoms in total. The van der Waals surface area contributed by atoms with Crippen molar-refractivity contribution in [3.05, 3.63) is 34.4 Å². The first-order chi connectivity index (χ1) is 9.41. The Morgan fingerprint density at radius 2 is 1.15 bits per heavy atom.